The van der Waals surface area contributed by atoms with Crippen molar-refractivity contribution in [3.05, 3.63) is 89.7 Å². The van der Waals surface area contributed by atoms with Gasteiger partial charge in [0.15, 0.2) is 0 Å². The summed E-state index contributed by atoms with van der Waals surface area (Å²) in [5.41, 5.74) is 9.80. The lowest BCUT2D eigenvalue weighted by Gasteiger charge is -2.17. The van der Waals surface area contributed by atoms with Crippen LogP contribution in [0.3, 0.4) is 0 Å². The molecule has 8 nitrogen and oxygen atoms in total. The molecule has 41 heavy (non-hydrogen) atoms. The van der Waals surface area contributed by atoms with Gasteiger partial charge in [0.2, 0.25) is 5.27 Å². The molecule has 0 spiro atoms. The molecule has 0 bridgehead atoms. The number of rotatable bonds is 5. The second-order valence-corrected chi connectivity index (χ2v) is 11.0. The molecule has 0 unspecified atom stereocenters. The number of nitrogen functional groups attached to an aromatic ring is 1. The van der Waals surface area contributed by atoms with Crippen molar-refractivity contribution >= 4 is 49.8 Å². The Morgan fingerprint density at radius 3 is 2.66 bits per heavy atom. The molecule has 0 radical (unpaired) electrons. The second kappa shape index (κ2) is 10.3. The first kappa shape index (κ1) is 25.2. The predicted molar refractivity (Wildman–Crippen MR) is 157 cm³/mol. The highest BCUT2D eigenvalue weighted by atomic mass is 32.1. The number of hydrogen-bond acceptors (Lipinski definition) is 8. The van der Waals surface area contributed by atoms with Crippen molar-refractivity contribution in [1.82, 2.24) is 10.3 Å². The molecule has 4 heterocycles. The number of piperidine rings is 1. The molecule has 0 saturated carbocycles. The minimum Gasteiger partial charge on any atom is -0.857 e. The quantitative estimate of drug-likeness (QED) is 0.172. The van der Waals surface area contributed by atoms with Gasteiger partial charge < -0.3 is 10.8 Å². The minimum absolute atomic E-state index is 0.0900. The number of thiophene rings is 1. The zero-order valence-electron chi connectivity index (χ0n) is 22.0. The normalized spacial score (nSPS) is 14.3. The van der Waals surface area contributed by atoms with Gasteiger partial charge >= 0.3 is 5.88 Å². The van der Waals surface area contributed by atoms with Gasteiger partial charge in [0.05, 0.1) is 34.1 Å². The monoisotopic (exact) mass is 564 g/mol. The van der Waals surface area contributed by atoms with Crippen molar-refractivity contribution in [2.75, 3.05) is 23.8 Å². The van der Waals surface area contributed by atoms with Crippen molar-refractivity contribution in [2.45, 2.75) is 19.3 Å². The van der Waals surface area contributed by atoms with Gasteiger partial charge in [0, 0.05) is 16.8 Å². The third-order valence-corrected chi connectivity index (χ3v) is 8.46. The molecule has 1 saturated heterocycles. The van der Waals surface area contributed by atoms with Crippen LogP contribution in [0.1, 0.15) is 24.1 Å². The number of nitrogens with zero attached hydrogens (tertiary/aromatic N) is 5. The Balaban J connectivity index is 1.37. The highest BCUT2D eigenvalue weighted by Crippen LogP contribution is 2.42. The van der Waals surface area contributed by atoms with Crippen LogP contribution < -0.4 is 20.6 Å². The van der Waals surface area contributed by atoms with E-state index < -0.39 is 5.90 Å². The predicted octanol–water partition coefficient (Wildman–Crippen LogP) is 5.34. The first-order valence-corrected chi connectivity index (χ1v) is 14.2. The number of nitrogens with two attached hydrogens (primary N) is 1. The molecule has 1 aliphatic heterocycles. The summed E-state index contributed by atoms with van der Waals surface area (Å²) in [6.07, 6.45) is 4.93. The van der Waals surface area contributed by atoms with E-state index in [0.717, 1.165) is 53.6 Å². The van der Waals surface area contributed by atoms with Gasteiger partial charge in [-0.1, -0.05) is 54.6 Å². The molecular formula is C31H25FN6O2S. The number of fused-ring (bicyclic) bond motifs is 2. The first-order valence-electron chi connectivity index (χ1n) is 13.4. The number of benzene rings is 3. The number of halogens is 1. The average Bonchev–Trinajstić information content (AvgIpc) is 3.61. The van der Waals surface area contributed by atoms with Crippen molar-refractivity contribution < 1.29 is 18.8 Å². The smallest absolute Gasteiger partial charge is 0.324 e. The molecule has 0 amide bonds. The lowest BCUT2D eigenvalue weighted by molar-refractivity contribution is -0.759. The summed E-state index contributed by atoms with van der Waals surface area (Å²) in [5, 5.41) is 22.2. The Kier molecular flexibility index (Phi) is 6.31. The summed E-state index contributed by atoms with van der Waals surface area (Å²) < 4.78 is 19.7. The van der Waals surface area contributed by atoms with E-state index >= 15 is 0 Å². The van der Waals surface area contributed by atoms with Gasteiger partial charge in [-0.3, -0.25) is 4.52 Å². The topological polar surface area (TPSA) is 107 Å². The Morgan fingerprint density at radius 1 is 1.00 bits per heavy atom. The maximum atomic E-state index is 14.4. The summed E-state index contributed by atoms with van der Waals surface area (Å²) in [6, 6.07) is 22.3. The zero-order valence-corrected chi connectivity index (χ0v) is 22.8. The third kappa shape index (κ3) is 4.66. The molecule has 10 heteroatoms. The van der Waals surface area contributed by atoms with E-state index in [9.17, 15) is 9.50 Å². The number of pyridine rings is 1. The Bertz CT molecular complexity index is 1940. The molecule has 1 aliphatic rings. The van der Waals surface area contributed by atoms with E-state index in [1.54, 1.807) is 17.1 Å². The van der Waals surface area contributed by atoms with Crippen LogP contribution in [0.5, 0.6) is 0 Å². The maximum absolute atomic E-state index is 14.4. The van der Waals surface area contributed by atoms with Crippen LogP contribution in [-0.4, -0.2) is 29.2 Å². The van der Waals surface area contributed by atoms with Crippen LogP contribution in [-0.2, 0) is 0 Å². The molecule has 1 fully saturated rings. The lowest BCUT2D eigenvalue weighted by atomic mass is 9.97. The summed E-state index contributed by atoms with van der Waals surface area (Å²) >= 11 is 1.16. The Labute approximate surface area is 238 Å². The van der Waals surface area contributed by atoms with Gasteiger partial charge in [0.25, 0.3) is 6.20 Å². The van der Waals surface area contributed by atoms with Crippen LogP contribution in [0.15, 0.2) is 88.5 Å². The molecule has 3 aromatic carbocycles. The number of hydrogen-bond donors (Lipinski definition) is 1. The standard InChI is InChI=1S/C31H25FN6O2S/c32-21-11-6-10-20(16-21)24-17-25(23-13-7-9-19-8-2-3-12-22(19)23)34-31-27(24)28(33)29(41-31)30(39)35-26-18-38(36-40-26)37-14-4-1-5-15-37/h2-3,6-13,16-18H,1,4-5,14-15H2,(H2-,33,35,36,39). The van der Waals surface area contributed by atoms with Gasteiger partial charge in [-0.2, -0.15) is 5.01 Å². The fourth-order valence-corrected chi connectivity index (χ4v) is 6.40. The molecule has 204 valence electrons. The van der Waals surface area contributed by atoms with Crippen molar-refractivity contribution in [2.24, 2.45) is 4.99 Å². The average molecular weight is 565 g/mol. The van der Waals surface area contributed by atoms with Crippen LogP contribution in [0.25, 0.3) is 43.4 Å². The zero-order chi connectivity index (χ0) is 27.9. The molecular weight excluding hydrogens is 539 g/mol. The van der Waals surface area contributed by atoms with E-state index in [1.165, 1.54) is 18.6 Å². The van der Waals surface area contributed by atoms with Crippen LogP contribution >= 0.6 is 11.3 Å². The fraction of sp³-hybridized carbons (Fsp3) is 0.161. The van der Waals surface area contributed by atoms with Gasteiger partial charge in [-0.25, -0.2) is 14.4 Å². The second-order valence-electron chi connectivity index (χ2n) is 10.0. The van der Waals surface area contributed by atoms with E-state index in [4.69, 9.17) is 15.2 Å². The summed E-state index contributed by atoms with van der Waals surface area (Å²) in [7, 11) is 0. The van der Waals surface area contributed by atoms with Gasteiger partial charge in [-0.05, 0) is 59.4 Å². The summed E-state index contributed by atoms with van der Waals surface area (Å²) in [4.78, 5) is 11.5. The molecule has 3 aromatic heterocycles. The van der Waals surface area contributed by atoms with Gasteiger partial charge in [0.1, 0.15) is 10.6 Å². The number of aromatic nitrogens is 3. The highest BCUT2D eigenvalue weighted by Gasteiger charge is 2.23. The van der Waals surface area contributed by atoms with E-state index in [1.807, 2.05) is 59.6 Å². The molecule has 7 rings (SSSR count). The van der Waals surface area contributed by atoms with Crippen LogP contribution in [0, 0.1) is 5.82 Å². The minimum atomic E-state index is -0.552. The molecule has 6 aromatic rings. The molecule has 0 aliphatic carbocycles. The molecule has 0 atom stereocenters. The van der Waals surface area contributed by atoms with Crippen molar-refractivity contribution in [3.8, 4) is 22.4 Å². The van der Waals surface area contributed by atoms with Crippen molar-refractivity contribution in [3.63, 3.8) is 0 Å². The summed E-state index contributed by atoms with van der Waals surface area (Å²) in [5.74, 6) is -0.830. The maximum Gasteiger partial charge on any atom is 0.324 e. The fourth-order valence-electron chi connectivity index (χ4n) is 5.40. The van der Waals surface area contributed by atoms with E-state index in [2.05, 4.69) is 10.3 Å². The first-order chi connectivity index (χ1) is 20.0. The van der Waals surface area contributed by atoms with Crippen LogP contribution in [0.4, 0.5) is 16.0 Å². The Morgan fingerprint density at radius 2 is 1.80 bits per heavy atom. The lowest BCUT2D eigenvalue weighted by Crippen LogP contribution is -2.60. The van der Waals surface area contributed by atoms with Gasteiger partial charge in [-0.15, -0.1) is 11.3 Å². The Hall–Kier alpha value is -4.83. The van der Waals surface area contributed by atoms with E-state index in [0.29, 0.717) is 27.0 Å². The SMILES string of the molecule is Nc1c(/C([O-])=N/c2c[n+](N3CCCCC3)no2)sc2nc(-c3cccc4ccccc34)cc(-c3cccc(F)c3)c12. The highest BCUT2D eigenvalue weighted by molar-refractivity contribution is 7.21. The number of aliphatic imine (C=N–C) groups is 1. The van der Waals surface area contributed by atoms with Crippen molar-refractivity contribution in [1.29, 1.82) is 0 Å². The largest absolute Gasteiger partial charge is 0.857 e. The third-order valence-electron chi connectivity index (χ3n) is 7.37. The van der Waals surface area contributed by atoms with E-state index in [-0.39, 0.29) is 22.3 Å². The summed E-state index contributed by atoms with van der Waals surface area (Å²) in [6.45, 7) is 1.73. The number of anilines is 1. The molecule has 2 N–H and O–H groups in total. The van der Waals surface area contributed by atoms with Crippen LogP contribution in [0.2, 0.25) is 0 Å².